The molecule has 2 aromatic heterocycles. The van der Waals surface area contributed by atoms with Gasteiger partial charge in [0.1, 0.15) is 5.82 Å². The molecular weight excluding hydrogens is 352 g/mol. The number of alkyl halides is 2. The van der Waals surface area contributed by atoms with E-state index in [9.17, 15) is 13.6 Å². The molecule has 1 aliphatic rings. The molecule has 4 rings (SSSR count). The smallest absolute Gasteiger partial charge is 0.261 e. The molecule has 0 spiro atoms. The number of aromatic nitrogens is 4. The predicted molar refractivity (Wildman–Crippen MR) is 97.7 cm³/mol. The number of fused-ring (bicyclic) bond motifs is 1. The van der Waals surface area contributed by atoms with Gasteiger partial charge in [-0.3, -0.25) is 19.4 Å². The Hall–Kier alpha value is -2.61. The monoisotopic (exact) mass is 373 g/mol. The van der Waals surface area contributed by atoms with Gasteiger partial charge in [0.05, 0.1) is 29.2 Å². The minimum absolute atomic E-state index is 0.182. The van der Waals surface area contributed by atoms with Gasteiger partial charge in [0.25, 0.3) is 12.0 Å². The lowest BCUT2D eigenvalue weighted by Gasteiger charge is -2.26. The first kappa shape index (κ1) is 17.8. The van der Waals surface area contributed by atoms with Crippen molar-refractivity contribution in [2.45, 2.75) is 45.3 Å². The molecular formula is C19H21F2N5O. The summed E-state index contributed by atoms with van der Waals surface area (Å²) in [6.45, 7) is 2.70. The molecule has 1 fully saturated rings. The third-order valence-electron chi connectivity index (χ3n) is 5.00. The first-order chi connectivity index (χ1) is 13.0. The summed E-state index contributed by atoms with van der Waals surface area (Å²) in [6, 6.07) is 8.70. The number of H-pyrrole nitrogens is 1. The van der Waals surface area contributed by atoms with Crippen molar-refractivity contribution in [1.82, 2.24) is 24.6 Å². The van der Waals surface area contributed by atoms with Gasteiger partial charge >= 0.3 is 0 Å². The van der Waals surface area contributed by atoms with Crippen molar-refractivity contribution < 1.29 is 8.78 Å². The molecule has 1 aromatic carbocycles. The second-order valence-corrected chi connectivity index (χ2v) is 6.96. The molecule has 6 nitrogen and oxygen atoms in total. The van der Waals surface area contributed by atoms with Crippen LogP contribution in [0.2, 0.25) is 0 Å². The minimum Gasteiger partial charge on any atom is -0.289 e. The van der Waals surface area contributed by atoms with Crippen LogP contribution in [0, 0.1) is 6.92 Å². The van der Waals surface area contributed by atoms with Gasteiger partial charge in [-0.05, 0) is 44.5 Å². The van der Waals surface area contributed by atoms with E-state index in [1.165, 1.54) is 0 Å². The number of hydrogen-bond donors (Lipinski definition) is 1. The number of benzene rings is 1. The number of hydrogen-bond acceptors (Lipinski definition) is 4. The first-order valence-electron chi connectivity index (χ1n) is 9.05. The number of rotatable bonds is 5. The van der Waals surface area contributed by atoms with Gasteiger partial charge in [0.15, 0.2) is 0 Å². The van der Waals surface area contributed by atoms with Crippen LogP contribution >= 0.6 is 0 Å². The zero-order valence-electron chi connectivity index (χ0n) is 15.0. The van der Waals surface area contributed by atoms with Crippen LogP contribution in [0.4, 0.5) is 8.78 Å². The Morgan fingerprint density at radius 3 is 2.89 bits per heavy atom. The Morgan fingerprint density at radius 2 is 2.15 bits per heavy atom. The average molecular weight is 373 g/mol. The summed E-state index contributed by atoms with van der Waals surface area (Å²) in [5, 5.41) is 7.56. The van der Waals surface area contributed by atoms with Crippen LogP contribution in [0.1, 0.15) is 36.1 Å². The molecule has 0 radical (unpaired) electrons. The second kappa shape index (κ2) is 7.19. The van der Waals surface area contributed by atoms with Crippen molar-refractivity contribution in [3.8, 4) is 0 Å². The van der Waals surface area contributed by atoms with Crippen LogP contribution in [-0.2, 0) is 13.1 Å². The highest BCUT2D eigenvalue weighted by atomic mass is 19.3. The Balaban J connectivity index is 1.77. The summed E-state index contributed by atoms with van der Waals surface area (Å²) >= 11 is 0. The van der Waals surface area contributed by atoms with Crippen LogP contribution in [0.15, 0.2) is 35.1 Å². The number of para-hydroxylation sites is 1. The molecule has 1 aliphatic heterocycles. The third-order valence-corrected chi connectivity index (χ3v) is 5.00. The summed E-state index contributed by atoms with van der Waals surface area (Å²) in [6.07, 6.45) is -0.920. The van der Waals surface area contributed by atoms with Crippen molar-refractivity contribution in [3.63, 3.8) is 0 Å². The molecule has 1 N–H and O–H groups in total. The van der Waals surface area contributed by atoms with Gasteiger partial charge in [-0.2, -0.15) is 5.10 Å². The molecule has 8 heteroatoms. The van der Waals surface area contributed by atoms with Crippen molar-refractivity contribution in [1.29, 1.82) is 0 Å². The van der Waals surface area contributed by atoms with E-state index < -0.39 is 18.5 Å². The van der Waals surface area contributed by atoms with Crippen LogP contribution in [0.25, 0.3) is 10.9 Å². The minimum atomic E-state index is -2.62. The number of aryl methyl sites for hydroxylation is 1. The molecule has 1 atom stereocenters. The van der Waals surface area contributed by atoms with E-state index in [-0.39, 0.29) is 6.04 Å². The second-order valence-electron chi connectivity index (χ2n) is 6.96. The predicted octanol–water partition coefficient (Wildman–Crippen LogP) is 3.03. The summed E-state index contributed by atoms with van der Waals surface area (Å²) in [7, 11) is 0. The van der Waals surface area contributed by atoms with Gasteiger partial charge in [0, 0.05) is 12.2 Å². The maximum Gasteiger partial charge on any atom is 0.261 e. The summed E-state index contributed by atoms with van der Waals surface area (Å²) in [4.78, 5) is 19.7. The number of halogens is 2. The fourth-order valence-electron chi connectivity index (χ4n) is 3.83. The molecule has 3 heterocycles. The van der Waals surface area contributed by atoms with Crippen LogP contribution in [0.5, 0.6) is 0 Å². The van der Waals surface area contributed by atoms with Crippen LogP contribution in [0.3, 0.4) is 0 Å². The van der Waals surface area contributed by atoms with E-state index in [0.717, 1.165) is 35.3 Å². The summed E-state index contributed by atoms with van der Waals surface area (Å²) < 4.78 is 27.6. The Labute approximate surface area is 154 Å². The topological polar surface area (TPSA) is 66.8 Å². The highest BCUT2D eigenvalue weighted by Gasteiger charge is 2.31. The number of nitrogens with one attached hydrogen (secondary N) is 1. The van der Waals surface area contributed by atoms with Gasteiger partial charge in [-0.25, -0.2) is 13.8 Å². The lowest BCUT2D eigenvalue weighted by atomic mass is 10.1. The Bertz CT molecular complexity index is 1010. The molecule has 1 saturated heterocycles. The van der Waals surface area contributed by atoms with E-state index in [1.54, 1.807) is 24.3 Å². The van der Waals surface area contributed by atoms with E-state index >= 15 is 0 Å². The molecule has 3 aromatic rings. The number of likely N-dealkylation sites (tertiary alicyclic amines) is 1. The fraction of sp³-hybridized carbons (Fsp3) is 0.421. The Kier molecular flexibility index (Phi) is 4.73. The van der Waals surface area contributed by atoms with Gasteiger partial charge in [-0.15, -0.1) is 0 Å². The van der Waals surface area contributed by atoms with E-state index in [4.69, 9.17) is 0 Å². The lowest BCUT2D eigenvalue weighted by Crippen LogP contribution is -2.33. The van der Waals surface area contributed by atoms with Crippen molar-refractivity contribution in [3.05, 3.63) is 57.9 Å². The van der Waals surface area contributed by atoms with Crippen LogP contribution in [-0.4, -0.2) is 37.6 Å². The van der Waals surface area contributed by atoms with E-state index in [2.05, 4.69) is 20.1 Å². The molecule has 0 saturated carbocycles. The standard InChI is InChI=1S/C19H21F2N5O/c1-12-9-13(24-23-12)10-25-8-4-7-16(25)18-22-15-6-3-2-5-14(15)19(27)26(18)11-17(20)21/h2-3,5-6,9,16-17H,4,7-8,10-11H2,1H3,(H,23,24). The van der Waals surface area contributed by atoms with Gasteiger partial charge in [0.2, 0.25) is 0 Å². The summed E-state index contributed by atoms with van der Waals surface area (Å²) in [5.74, 6) is 0.420. The zero-order chi connectivity index (χ0) is 19.0. The molecule has 0 bridgehead atoms. The molecule has 1 unspecified atom stereocenters. The molecule has 0 aliphatic carbocycles. The largest absolute Gasteiger partial charge is 0.289 e. The molecule has 0 amide bonds. The van der Waals surface area contributed by atoms with Crippen molar-refractivity contribution >= 4 is 10.9 Å². The Morgan fingerprint density at radius 1 is 1.33 bits per heavy atom. The van der Waals surface area contributed by atoms with Crippen molar-refractivity contribution in [2.24, 2.45) is 0 Å². The van der Waals surface area contributed by atoms with Crippen molar-refractivity contribution in [2.75, 3.05) is 6.54 Å². The number of aromatic amines is 1. The molecule has 142 valence electrons. The highest BCUT2D eigenvalue weighted by molar-refractivity contribution is 5.77. The summed E-state index contributed by atoms with van der Waals surface area (Å²) in [5.41, 5.74) is 2.01. The third kappa shape index (κ3) is 3.49. The van der Waals surface area contributed by atoms with Gasteiger partial charge in [-0.1, -0.05) is 12.1 Å². The zero-order valence-corrected chi connectivity index (χ0v) is 15.0. The maximum absolute atomic E-state index is 13.2. The SMILES string of the molecule is Cc1cc(CN2CCCC2c2nc3ccccc3c(=O)n2CC(F)F)n[nH]1. The lowest BCUT2D eigenvalue weighted by molar-refractivity contribution is 0.120. The van der Waals surface area contributed by atoms with E-state index in [1.807, 2.05) is 13.0 Å². The number of nitrogens with zero attached hydrogens (tertiary/aromatic N) is 4. The first-order valence-corrected chi connectivity index (χ1v) is 9.05. The normalized spacial score (nSPS) is 18.0. The van der Waals surface area contributed by atoms with Crippen LogP contribution < -0.4 is 5.56 Å². The molecule has 27 heavy (non-hydrogen) atoms. The quantitative estimate of drug-likeness (QED) is 0.747. The highest BCUT2D eigenvalue weighted by Crippen LogP contribution is 2.32. The maximum atomic E-state index is 13.2. The average Bonchev–Trinajstić information content (AvgIpc) is 3.26. The van der Waals surface area contributed by atoms with Gasteiger partial charge < -0.3 is 0 Å². The fourth-order valence-corrected chi connectivity index (χ4v) is 3.83. The van der Waals surface area contributed by atoms with E-state index in [0.29, 0.717) is 23.3 Å².